The molecule has 3 aromatic carbocycles. The van der Waals surface area contributed by atoms with Crippen LogP contribution in [0.5, 0.6) is 11.5 Å². The molecule has 0 bridgehead atoms. The molecule has 3 heterocycles. The average Bonchev–Trinajstić information content (AvgIpc) is 3.41. The van der Waals surface area contributed by atoms with E-state index in [1.165, 1.54) is 28.7 Å². The number of aryl methyl sites for hydroxylation is 1. The van der Waals surface area contributed by atoms with Gasteiger partial charge in [0.2, 0.25) is 17.7 Å². The molecule has 4 aromatic rings. The fourth-order valence-electron chi connectivity index (χ4n) is 5.35. The Morgan fingerprint density at radius 1 is 0.976 bits per heavy atom. The average molecular weight is 588 g/mol. The number of para-hydroxylation sites is 1. The summed E-state index contributed by atoms with van der Waals surface area (Å²) in [7, 11) is 1.54. The molecule has 2 N–H and O–H groups in total. The van der Waals surface area contributed by atoms with E-state index in [9.17, 15) is 24.3 Å². The van der Waals surface area contributed by atoms with E-state index in [-0.39, 0.29) is 29.0 Å². The molecule has 2 unspecified atom stereocenters. The standard InChI is InChI=1S/C30H25N3O6S2/c1-16-7-11-18(12-8-16)33-27(36)24-23(20-5-3-4-6-21(20)39-2)26-29(40-25(24)28(33)37)32(30(38)41-26)15-22(35)31-17-9-13-19(34)14-10-17/h3-14,23-25,34H,15H2,1-2H3,(H,31,35)/t23-,24?,25?/m1/s1. The summed E-state index contributed by atoms with van der Waals surface area (Å²) in [6.07, 6.45) is 0. The number of nitrogens with zero attached hydrogens (tertiary/aromatic N) is 2. The molecule has 11 heteroatoms. The van der Waals surface area contributed by atoms with Crippen LogP contribution in [-0.2, 0) is 20.9 Å². The first-order valence-corrected chi connectivity index (χ1v) is 14.5. The third kappa shape index (κ3) is 4.70. The molecular formula is C30H25N3O6S2. The minimum absolute atomic E-state index is 0.0647. The summed E-state index contributed by atoms with van der Waals surface area (Å²) in [6, 6.07) is 20.5. The zero-order valence-corrected chi connectivity index (χ0v) is 23.7. The Kier molecular flexibility index (Phi) is 6.92. The predicted molar refractivity (Wildman–Crippen MR) is 157 cm³/mol. The summed E-state index contributed by atoms with van der Waals surface area (Å²) in [4.78, 5) is 55.7. The fraction of sp³-hybridized carbons (Fsp3) is 0.200. The first-order chi connectivity index (χ1) is 19.8. The van der Waals surface area contributed by atoms with Crippen LogP contribution in [0.25, 0.3) is 0 Å². The van der Waals surface area contributed by atoms with Gasteiger partial charge in [-0.2, -0.15) is 0 Å². The van der Waals surface area contributed by atoms with E-state index in [0.29, 0.717) is 32.6 Å². The van der Waals surface area contributed by atoms with Crippen molar-refractivity contribution in [3.05, 3.63) is 98.5 Å². The van der Waals surface area contributed by atoms with Crippen molar-refractivity contribution in [3.8, 4) is 11.5 Å². The molecule has 0 saturated carbocycles. The van der Waals surface area contributed by atoms with E-state index in [4.69, 9.17) is 4.74 Å². The van der Waals surface area contributed by atoms with Crippen LogP contribution in [0.2, 0.25) is 0 Å². The Labute approximate surface area is 243 Å². The van der Waals surface area contributed by atoms with Gasteiger partial charge < -0.3 is 15.2 Å². The Balaban J connectivity index is 1.43. The molecule has 1 fully saturated rings. The van der Waals surface area contributed by atoms with Crippen molar-refractivity contribution in [2.45, 2.75) is 29.7 Å². The maximum absolute atomic E-state index is 14.0. The number of methoxy groups -OCH3 is 1. The Bertz CT molecular complexity index is 1730. The second kappa shape index (κ2) is 10.6. The van der Waals surface area contributed by atoms with Crippen LogP contribution in [-0.4, -0.2) is 39.8 Å². The summed E-state index contributed by atoms with van der Waals surface area (Å²) in [6.45, 7) is 1.65. The molecule has 3 amide bonds. The van der Waals surface area contributed by atoms with E-state index < -0.39 is 23.0 Å². The monoisotopic (exact) mass is 587 g/mol. The van der Waals surface area contributed by atoms with Gasteiger partial charge in [0.1, 0.15) is 23.3 Å². The number of hydrogen-bond donors (Lipinski definition) is 2. The highest BCUT2D eigenvalue weighted by Gasteiger charge is 2.57. The van der Waals surface area contributed by atoms with Crippen molar-refractivity contribution in [1.82, 2.24) is 4.57 Å². The van der Waals surface area contributed by atoms with Gasteiger partial charge in [-0.1, -0.05) is 59.0 Å². The Hall–Kier alpha value is -4.35. The van der Waals surface area contributed by atoms with Crippen LogP contribution < -0.4 is 19.8 Å². The predicted octanol–water partition coefficient (Wildman–Crippen LogP) is 4.37. The summed E-state index contributed by atoms with van der Waals surface area (Å²) < 4.78 is 7.01. The number of carbonyl (C=O) groups is 3. The van der Waals surface area contributed by atoms with Crippen molar-refractivity contribution in [3.63, 3.8) is 0 Å². The molecule has 41 heavy (non-hydrogen) atoms. The lowest BCUT2D eigenvalue weighted by Crippen LogP contribution is -2.33. The molecule has 3 atom stereocenters. The SMILES string of the molecule is COc1ccccc1[C@H]1c2sc(=O)n(CC(=O)Nc3ccc(O)cc3)c2SC2C(=O)N(c3ccc(C)cc3)C(=O)C21. The van der Waals surface area contributed by atoms with Crippen molar-refractivity contribution >= 4 is 52.2 Å². The third-order valence-corrected chi connectivity index (χ3v) is 9.87. The summed E-state index contributed by atoms with van der Waals surface area (Å²) in [5, 5.41) is 11.9. The summed E-state index contributed by atoms with van der Waals surface area (Å²) >= 11 is 2.13. The second-order valence-electron chi connectivity index (χ2n) is 9.85. The first kappa shape index (κ1) is 26.9. The maximum Gasteiger partial charge on any atom is 0.308 e. The molecular weight excluding hydrogens is 562 g/mol. The lowest BCUT2D eigenvalue weighted by molar-refractivity contribution is -0.122. The van der Waals surface area contributed by atoms with Gasteiger partial charge in [-0.15, -0.1) is 0 Å². The lowest BCUT2D eigenvalue weighted by atomic mass is 9.82. The van der Waals surface area contributed by atoms with Gasteiger partial charge in [0.15, 0.2) is 0 Å². The van der Waals surface area contributed by atoms with Crippen LogP contribution in [0.1, 0.15) is 21.9 Å². The van der Waals surface area contributed by atoms with Gasteiger partial charge in [-0.3, -0.25) is 23.7 Å². The molecule has 1 aromatic heterocycles. The van der Waals surface area contributed by atoms with Crippen LogP contribution >= 0.6 is 23.1 Å². The topological polar surface area (TPSA) is 118 Å². The van der Waals surface area contributed by atoms with Gasteiger partial charge in [0.25, 0.3) is 0 Å². The summed E-state index contributed by atoms with van der Waals surface area (Å²) in [5.74, 6) is -1.93. The highest BCUT2D eigenvalue weighted by molar-refractivity contribution is 8.00. The number of thioether (sulfide) groups is 1. The number of anilines is 2. The smallest absolute Gasteiger partial charge is 0.308 e. The van der Waals surface area contributed by atoms with Crippen molar-refractivity contribution in [2.75, 3.05) is 17.3 Å². The van der Waals surface area contributed by atoms with E-state index in [1.54, 1.807) is 30.3 Å². The number of aromatic hydroxyl groups is 1. The number of rotatable bonds is 6. The Morgan fingerprint density at radius 3 is 2.39 bits per heavy atom. The zero-order chi connectivity index (χ0) is 28.8. The van der Waals surface area contributed by atoms with Crippen molar-refractivity contribution < 1.29 is 24.2 Å². The van der Waals surface area contributed by atoms with Gasteiger partial charge in [0, 0.05) is 22.0 Å². The number of ether oxygens (including phenoxy) is 1. The number of phenols is 1. The number of fused-ring (bicyclic) bond motifs is 2. The number of nitrogens with one attached hydrogen (secondary N) is 1. The van der Waals surface area contributed by atoms with Crippen LogP contribution in [0.3, 0.4) is 0 Å². The number of imide groups is 1. The van der Waals surface area contributed by atoms with E-state index in [0.717, 1.165) is 28.7 Å². The minimum Gasteiger partial charge on any atom is -0.508 e. The molecule has 9 nitrogen and oxygen atoms in total. The molecule has 2 aliphatic heterocycles. The van der Waals surface area contributed by atoms with Crippen LogP contribution in [0.4, 0.5) is 11.4 Å². The highest BCUT2D eigenvalue weighted by Crippen LogP contribution is 2.55. The number of carbonyl (C=O) groups excluding carboxylic acids is 3. The number of hydrogen-bond acceptors (Lipinski definition) is 8. The molecule has 0 radical (unpaired) electrons. The third-order valence-electron chi connectivity index (χ3n) is 7.27. The molecule has 6 rings (SSSR count). The number of benzene rings is 3. The van der Waals surface area contributed by atoms with Gasteiger partial charge in [-0.25, -0.2) is 4.90 Å². The van der Waals surface area contributed by atoms with Crippen molar-refractivity contribution in [2.24, 2.45) is 5.92 Å². The summed E-state index contributed by atoms with van der Waals surface area (Å²) in [5.41, 5.74) is 2.66. The molecule has 208 valence electrons. The molecule has 1 saturated heterocycles. The maximum atomic E-state index is 14.0. The molecule has 0 aliphatic carbocycles. The number of amides is 3. The van der Waals surface area contributed by atoms with E-state index in [1.807, 2.05) is 37.3 Å². The van der Waals surface area contributed by atoms with Crippen molar-refractivity contribution in [1.29, 1.82) is 0 Å². The fourth-order valence-corrected chi connectivity index (χ4v) is 8.12. The first-order valence-electron chi connectivity index (χ1n) is 12.8. The highest BCUT2D eigenvalue weighted by atomic mass is 32.2. The Morgan fingerprint density at radius 2 is 1.68 bits per heavy atom. The van der Waals surface area contributed by atoms with Crippen LogP contribution in [0.15, 0.2) is 82.6 Å². The normalized spacial score (nSPS) is 19.6. The van der Waals surface area contributed by atoms with Gasteiger partial charge >= 0.3 is 4.87 Å². The van der Waals surface area contributed by atoms with E-state index >= 15 is 0 Å². The quantitative estimate of drug-likeness (QED) is 0.254. The number of thiazole rings is 1. The number of phenolic OH excluding ortho intramolecular Hbond substituents is 1. The zero-order valence-electron chi connectivity index (χ0n) is 22.1. The van der Waals surface area contributed by atoms with Crippen LogP contribution in [0, 0.1) is 12.8 Å². The number of aromatic nitrogens is 1. The molecule has 0 spiro atoms. The molecule has 2 aliphatic rings. The second-order valence-corrected chi connectivity index (χ2v) is 12.0. The minimum atomic E-state index is -0.799. The van der Waals surface area contributed by atoms with Gasteiger partial charge in [-0.05, 0) is 49.4 Å². The largest absolute Gasteiger partial charge is 0.508 e. The van der Waals surface area contributed by atoms with Gasteiger partial charge in [0.05, 0.1) is 23.7 Å². The van der Waals surface area contributed by atoms with E-state index in [2.05, 4.69) is 5.32 Å². The lowest BCUT2D eigenvalue weighted by Gasteiger charge is -2.31.